The number of hydrogen-bond donors (Lipinski definition) is 2. The van der Waals surface area contributed by atoms with Gasteiger partial charge in [-0.3, -0.25) is 14.5 Å². The Labute approximate surface area is 155 Å². The third-order valence-corrected chi connectivity index (χ3v) is 5.10. The maximum absolute atomic E-state index is 12.9. The van der Waals surface area contributed by atoms with E-state index >= 15 is 0 Å². The van der Waals surface area contributed by atoms with Crippen LogP contribution in [-0.4, -0.2) is 39.3 Å². The zero-order valence-electron chi connectivity index (χ0n) is 14.3. The molecule has 1 aliphatic heterocycles. The summed E-state index contributed by atoms with van der Waals surface area (Å²) in [6.07, 6.45) is 0. The van der Waals surface area contributed by atoms with Crippen LogP contribution >= 0.6 is 11.8 Å². The Bertz CT molecular complexity index is 785. The average Bonchev–Trinajstić information content (AvgIpc) is 3.06. The molecular formula is C19H19N3O3S. The summed E-state index contributed by atoms with van der Waals surface area (Å²) >= 11 is 1.26. The fourth-order valence-corrected chi connectivity index (χ4v) is 3.67. The maximum Gasteiger partial charge on any atom is 0.281 e. The fourth-order valence-electron chi connectivity index (χ4n) is 2.76. The van der Waals surface area contributed by atoms with E-state index in [1.807, 2.05) is 19.1 Å². The summed E-state index contributed by atoms with van der Waals surface area (Å²) in [5.41, 5.74) is 1.41. The molecule has 2 N–H and O–H groups in total. The first-order valence-electron chi connectivity index (χ1n) is 8.22. The summed E-state index contributed by atoms with van der Waals surface area (Å²) in [4.78, 5) is 26.2. The van der Waals surface area contributed by atoms with Gasteiger partial charge in [-0.1, -0.05) is 72.4 Å². The lowest BCUT2D eigenvalue weighted by Gasteiger charge is -2.27. The lowest BCUT2D eigenvalue weighted by molar-refractivity contribution is -0.136. The van der Waals surface area contributed by atoms with E-state index in [0.29, 0.717) is 28.6 Å². The van der Waals surface area contributed by atoms with Gasteiger partial charge in [0.1, 0.15) is 0 Å². The highest BCUT2D eigenvalue weighted by Gasteiger charge is 2.40. The Morgan fingerprint density at radius 3 is 2.19 bits per heavy atom. The number of hydrazone groups is 1. The van der Waals surface area contributed by atoms with Crippen LogP contribution in [0.5, 0.6) is 0 Å². The van der Waals surface area contributed by atoms with E-state index < -0.39 is 11.5 Å². The molecule has 0 aliphatic carbocycles. The maximum atomic E-state index is 12.9. The number of thioether (sulfide) groups is 1. The molecule has 0 atom stereocenters. The van der Waals surface area contributed by atoms with Crippen LogP contribution in [0.25, 0.3) is 0 Å². The van der Waals surface area contributed by atoms with Crippen molar-refractivity contribution >= 4 is 28.7 Å². The Kier molecular flexibility index (Phi) is 5.39. The summed E-state index contributed by atoms with van der Waals surface area (Å²) < 4.78 is 0. The summed E-state index contributed by atoms with van der Waals surface area (Å²) in [6, 6.07) is 17.4. The van der Waals surface area contributed by atoms with Crippen LogP contribution in [0.2, 0.25) is 0 Å². The number of amidine groups is 1. The van der Waals surface area contributed by atoms with Gasteiger partial charge in [0.15, 0.2) is 10.8 Å². The van der Waals surface area contributed by atoms with E-state index in [2.05, 4.69) is 10.5 Å². The first-order chi connectivity index (χ1) is 12.6. The molecule has 3 rings (SSSR count). The van der Waals surface area contributed by atoms with Gasteiger partial charge in [-0.25, -0.2) is 5.43 Å². The first kappa shape index (κ1) is 18.2. The molecule has 1 heterocycles. The highest BCUT2D eigenvalue weighted by atomic mass is 32.2. The van der Waals surface area contributed by atoms with Gasteiger partial charge < -0.3 is 5.11 Å². The molecule has 0 aromatic heterocycles. The molecule has 26 heavy (non-hydrogen) atoms. The highest BCUT2D eigenvalue weighted by Crippen LogP contribution is 2.30. The summed E-state index contributed by atoms with van der Waals surface area (Å²) in [7, 11) is 0. The van der Waals surface area contributed by atoms with Gasteiger partial charge in [-0.05, 0) is 18.1 Å². The van der Waals surface area contributed by atoms with Crippen LogP contribution < -0.4 is 5.43 Å². The molecule has 0 spiro atoms. The van der Waals surface area contributed by atoms with Gasteiger partial charge in [0, 0.05) is 6.54 Å². The minimum Gasteiger partial charge on any atom is -0.372 e. The van der Waals surface area contributed by atoms with E-state index in [9.17, 15) is 14.7 Å². The first-order valence-corrected chi connectivity index (χ1v) is 9.20. The minimum absolute atomic E-state index is 0.0492. The van der Waals surface area contributed by atoms with E-state index in [4.69, 9.17) is 0 Å². The molecule has 0 bridgehead atoms. The van der Waals surface area contributed by atoms with Crippen LogP contribution in [0.15, 0.2) is 65.8 Å². The molecule has 1 fully saturated rings. The summed E-state index contributed by atoms with van der Waals surface area (Å²) in [5.74, 6) is -0.435. The predicted molar refractivity (Wildman–Crippen MR) is 101 cm³/mol. The second-order valence-electron chi connectivity index (χ2n) is 5.70. The zero-order chi connectivity index (χ0) is 18.6. The van der Waals surface area contributed by atoms with Crippen LogP contribution in [-0.2, 0) is 15.2 Å². The monoisotopic (exact) mass is 369 g/mol. The smallest absolute Gasteiger partial charge is 0.281 e. The third-order valence-electron chi connectivity index (χ3n) is 4.14. The molecule has 6 nitrogen and oxygen atoms in total. The van der Waals surface area contributed by atoms with E-state index in [0.717, 1.165) is 0 Å². The average molecular weight is 369 g/mol. The van der Waals surface area contributed by atoms with Gasteiger partial charge in [-0.15, -0.1) is 5.10 Å². The molecule has 2 aromatic rings. The SMILES string of the molecule is CCN1C(=O)CS/C1=N\NC(=O)C(O)(c1ccccc1)c1ccccc1. The Morgan fingerprint density at radius 1 is 1.15 bits per heavy atom. The second-order valence-corrected chi connectivity index (χ2v) is 6.65. The Hall–Kier alpha value is -2.64. The van der Waals surface area contributed by atoms with E-state index in [1.54, 1.807) is 48.5 Å². The minimum atomic E-state index is -1.89. The van der Waals surface area contributed by atoms with Crippen molar-refractivity contribution in [3.05, 3.63) is 71.8 Å². The van der Waals surface area contributed by atoms with Crippen LogP contribution in [0, 0.1) is 0 Å². The van der Waals surface area contributed by atoms with Crippen LogP contribution in [0.3, 0.4) is 0 Å². The topological polar surface area (TPSA) is 82.0 Å². The molecule has 0 radical (unpaired) electrons. The predicted octanol–water partition coefficient (Wildman–Crippen LogP) is 1.90. The fraction of sp³-hybridized carbons (Fsp3) is 0.211. The standard InChI is InChI=1S/C19H19N3O3S/c1-2-22-16(23)13-26-18(22)21-20-17(24)19(25,14-9-5-3-6-10-14)15-11-7-4-8-12-15/h3-12,25H,2,13H2,1H3,(H,20,24)/b21-18-. The van der Waals surface area contributed by atoms with Crippen molar-refractivity contribution in [3.8, 4) is 0 Å². The van der Waals surface area contributed by atoms with Crippen molar-refractivity contribution in [1.29, 1.82) is 0 Å². The van der Waals surface area contributed by atoms with Gasteiger partial charge >= 0.3 is 0 Å². The summed E-state index contributed by atoms with van der Waals surface area (Å²) in [6.45, 7) is 2.31. The lowest BCUT2D eigenvalue weighted by atomic mass is 9.86. The molecule has 0 saturated carbocycles. The number of rotatable bonds is 5. The van der Waals surface area contributed by atoms with Crippen molar-refractivity contribution in [2.24, 2.45) is 5.10 Å². The molecule has 2 aromatic carbocycles. The number of carbonyl (C=O) groups is 2. The van der Waals surface area contributed by atoms with Crippen molar-refractivity contribution in [2.45, 2.75) is 12.5 Å². The lowest BCUT2D eigenvalue weighted by Crippen LogP contribution is -2.44. The molecule has 0 unspecified atom stereocenters. The number of carbonyl (C=O) groups excluding carboxylic acids is 2. The number of amides is 2. The van der Waals surface area contributed by atoms with Crippen molar-refractivity contribution in [1.82, 2.24) is 10.3 Å². The van der Waals surface area contributed by atoms with Crippen LogP contribution in [0.1, 0.15) is 18.1 Å². The third kappa shape index (κ3) is 3.36. The van der Waals surface area contributed by atoms with Gasteiger partial charge in [0.2, 0.25) is 5.91 Å². The van der Waals surface area contributed by atoms with Gasteiger partial charge in [-0.2, -0.15) is 0 Å². The van der Waals surface area contributed by atoms with E-state index in [1.165, 1.54) is 16.7 Å². The Morgan fingerprint density at radius 2 is 1.69 bits per heavy atom. The molecule has 134 valence electrons. The number of benzene rings is 2. The quantitative estimate of drug-likeness (QED) is 0.789. The molecule has 1 aliphatic rings. The van der Waals surface area contributed by atoms with E-state index in [-0.39, 0.29) is 5.91 Å². The highest BCUT2D eigenvalue weighted by molar-refractivity contribution is 8.15. The number of hydrogen-bond acceptors (Lipinski definition) is 5. The molecular weight excluding hydrogens is 350 g/mol. The van der Waals surface area contributed by atoms with Crippen molar-refractivity contribution in [2.75, 3.05) is 12.3 Å². The number of nitrogens with zero attached hydrogens (tertiary/aromatic N) is 2. The molecule has 2 amide bonds. The zero-order valence-corrected chi connectivity index (χ0v) is 15.1. The Balaban J connectivity index is 1.93. The normalized spacial score (nSPS) is 16.2. The molecule has 7 heteroatoms. The number of aliphatic hydroxyl groups is 1. The second kappa shape index (κ2) is 7.72. The van der Waals surface area contributed by atoms with Crippen LogP contribution in [0.4, 0.5) is 0 Å². The van der Waals surface area contributed by atoms with Crippen molar-refractivity contribution < 1.29 is 14.7 Å². The molecule has 1 saturated heterocycles. The largest absolute Gasteiger partial charge is 0.372 e. The van der Waals surface area contributed by atoms with Crippen molar-refractivity contribution in [3.63, 3.8) is 0 Å². The van der Waals surface area contributed by atoms with Gasteiger partial charge in [0.25, 0.3) is 5.91 Å². The number of nitrogens with one attached hydrogen (secondary N) is 1. The van der Waals surface area contributed by atoms with Gasteiger partial charge in [0.05, 0.1) is 5.75 Å². The summed E-state index contributed by atoms with van der Waals surface area (Å²) in [5, 5.41) is 15.8.